The van der Waals surface area contributed by atoms with Gasteiger partial charge in [0, 0.05) is 5.56 Å². The lowest BCUT2D eigenvalue weighted by Gasteiger charge is -2.25. The maximum Gasteiger partial charge on any atom is 0.125 e. The van der Waals surface area contributed by atoms with Gasteiger partial charge in [-0.15, -0.1) is 0 Å². The van der Waals surface area contributed by atoms with Gasteiger partial charge in [-0.05, 0) is 42.3 Å². The van der Waals surface area contributed by atoms with E-state index in [1.807, 2.05) is 0 Å². The van der Waals surface area contributed by atoms with E-state index in [4.69, 9.17) is 10.5 Å². The molecule has 102 valence electrons. The van der Waals surface area contributed by atoms with Crippen LogP contribution in [0.5, 0.6) is 5.75 Å². The van der Waals surface area contributed by atoms with Crippen molar-refractivity contribution < 1.29 is 4.74 Å². The highest BCUT2D eigenvalue weighted by Gasteiger charge is 2.21. The lowest BCUT2D eigenvalue weighted by Crippen LogP contribution is -2.15. The van der Waals surface area contributed by atoms with E-state index in [2.05, 4.69) is 39.8 Å². The van der Waals surface area contributed by atoms with Crippen LogP contribution in [0.4, 0.5) is 0 Å². The molecule has 0 atom stereocenters. The predicted octanol–water partition coefficient (Wildman–Crippen LogP) is 3.45. The molecule has 0 aliphatic carbocycles. The molecule has 1 aromatic carbocycles. The van der Waals surface area contributed by atoms with Gasteiger partial charge in [-0.2, -0.15) is 0 Å². The van der Waals surface area contributed by atoms with Crippen molar-refractivity contribution >= 4 is 0 Å². The first kappa shape index (κ1) is 15.0. The summed E-state index contributed by atoms with van der Waals surface area (Å²) in [5, 5.41) is 0. The standard InChI is InChI=1S/C16H27NO/c1-6-12-10-13(8-7-9-17)15(18-5)14(11-12)16(2,3)4/h10-11H,6-9,17H2,1-5H3. The summed E-state index contributed by atoms with van der Waals surface area (Å²) in [6, 6.07) is 4.55. The lowest BCUT2D eigenvalue weighted by atomic mass is 9.83. The van der Waals surface area contributed by atoms with Crippen LogP contribution in [0.2, 0.25) is 0 Å². The molecule has 0 aliphatic rings. The van der Waals surface area contributed by atoms with Gasteiger partial charge in [0.25, 0.3) is 0 Å². The highest BCUT2D eigenvalue weighted by molar-refractivity contribution is 5.48. The third-order valence-corrected chi connectivity index (χ3v) is 3.30. The molecule has 0 radical (unpaired) electrons. The number of benzene rings is 1. The molecule has 2 nitrogen and oxygen atoms in total. The average Bonchev–Trinajstić information content (AvgIpc) is 2.33. The second-order valence-corrected chi connectivity index (χ2v) is 5.83. The molecule has 0 spiro atoms. The summed E-state index contributed by atoms with van der Waals surface area (Å²) in [5.41, 5.74) is 9.71. The topological polar surface area (TPSA) is 35.2 Å². The first-order valence-electron chi connectivity index (χ1n) is 6.84. The van der Waals surface area contributed by atoms with Gasteiger partial charge in [0.05, 0.1) is 7.11 Å². The van der Waals surface area contributed by atoms with Crippen LogP contribution in [0.15, 0.2) is 12.1 Å². The van der Waals surface area contributed by atoms with Crippen LogP contribution >= 0.6 is 0 Å². The van der Waals surface area contributed by atoms with Crippen molar-refractivity contribution in [1.29, 1.82) is 0 Å². The first-order chi connectivity index (χ1) is 8.43. The summed E-state index contributed by atoms with van der Waals surface area (Å²) < 4.78 is 5.66. The number of hydrogen-bond acceptors (Lipinski definition) is 2. The van der Waals surface area contributed by atoms with E-state index >= 15 is 0 Å². The second kappa shape index (κ2) is 6.24. The van der Waals surface area contributed by atoms with E-state index in [0.29, 0.717) is 0 Å². The summed E-state index contributed by atoms with van der Waals surface area (Å²) >= 11 is 0. The Hall–Kier alpha value is -1.02. The van der Waals surface area contributed by atoms with E-state index in [9.17, 15) is 0 Å². The normalized spacial score (nSPS) is 11.7. The minimum absolute atomic E-state index is 0.105. The van der Waals surface area contributed by atoms with Crippen molar-refractivity contribution in [2.24, 2.45) is 5.73 Å². The fourth-order valence-electron chi connectivity index (χ4n) is 2.24. The van der Waals surface area contributed by atoms with Crippen LogP contribution in [0.1, 0.15) is 50.8 Å². The SMILES string of the molecule is CCc1cc(CCCN)c(OC)c(C(C)(C)C)c1. The van der Waals surface area contributed by atoms with Crippen LogP contribution in [-0.2, 0) is 18.3 Å². The van der Waals surface area contributed by atoms with Crippen molar-refractivity contribution in [3.8, 4) is 5.75 Å². The summed E-state index contributed by atoms with van der Waals surface area (Å²) in [6.07, 6.45) is 3.06. The van der Waals surface area contributed by atoms with Crippen molar-refractivity contribution in [1.82, 2.24) is 0 Å². The maximum absolute atomic E-state index is 5.66. The molecule has 0 fully saturated rings. The number of hydrogen-bond donors (Lipinski definition) is 1. The van der Waals surface area contributed by atoms with Gasteiger partial charge in [0.2, 0.25) is 0 Å². The Morgan fingerprint density at radius 3 is 2.33 bits per heavy atom. The molecule has 0 saturated heterocycles. The minimum Gasteiger partial charge on any atom is -0.496 e. The van der Waals surface area contributed by atoms with Gasteiger partial charge in [0.15, 0.2) is 0 Å². The molecule has 0 amide bonds. The van der Waals surface area contributed by atoms with Crippen molar-refractivity contribution in [2.45, 2.75) is 52.4 Å². The molecular formula is C16H27NO. The quantitative estimate of drug-likeness (QED) is 0.867. The Balaban J connectivity index is 3.30. The Labute approximate surface area is 112 Å². The number of nitrogens with two attached hydrogens (primary N) is 1. The molecule has 1 rings (SSSR count). The molecule has 2 N–H and O–H groups in total. The molecule has 0 bridgehead atoms. The van der Waals surface area contributed by atoms with E-state index in [1.54, 1.807) is 7.11 Å². The van der Waals surface area contributed by atoms with Gasteiger partial charge in [-0.25, -0.2) is 0 Å². The zero-order valence-corrected chi connectivity index (χ0v) is 12.5. The number of ether oxygens (including phenoxy) is 1. The molecule has 0 saturated carbocycles. The fourth-order valence-corrected chi connectivity index (χ4v) is 2.24. The van der Waals surface area contributed by atoms with Crippen LogP contribution in [0, 0.1) is 0 Å². The fraction of sp³-hybridized carbons (Fsp3) is 0.625. The Morgan fingerprint density at radius 2 is 1.89 bits per heavy atom. The maximum atomic E-state index is 5.66. The van der Waals surface area contributed by atoms with Gasteiger partial charge >= 0.3 is 0 Å². The highest BCUT2D eigenvalue weighted by atomic mass is 16.5. The number of aryl methyl sites for hydroxylation is 2. The molecule has 0 aliphatic heterocycles. The summed E-state index contributed by atoms with van der Waals surface area (Å²) in [5.74, 6) is 1.05. The highest BCUT2D eigenvalue weighted by Crippen LogP contribution is 2.35. The molecular weight excluding hydrogens is 222 g/mol. The van der Waals surface area contributed by atoms with E-state index in [0.717, 1.165) is 31.6 Å². The molecule has 0 heterocycles. The van der Waals surface area contributed by atoms with Gasteiger partial charge < -0.3 is 10.5 Å². The minimum atomic E-state index is 0.105. The summed E-state index contributed by atoms with van der Waals surface area (Å²) in [7, 11) is 1.77. The monoisotopic (exact) mass is 249 g/mol. The third-order valence-electron chi connectivity index (χ3n) is 3.30. The Bertz CT molecular complexity index is 391. The molecule has 2 heteroatoms. The molecule has 1 aromatic rings. The zero-order valence-electron chi connectivity index (χ0n) is 12.5. The van der Waals surface area contributed by atoms with Crippen LogP contribution in [-0.4, -0.2) is 13.7 Å². The van der Waals surface area contributed by atoms with Gasteiger partial charge in [0.1, 0.15) is 5.75 Å². The third kappa shape index (κ3) is 3.49. The predicted molar refractivity (Wildman–Crippen MR) is 78.4 cm³/mol. The zero-order chi connectivity index (χ0) is 13.8. The van der Waals surface area contributed by atoms with Crippen molar-refractivity contribution in [2.75, 3.05) is 13.7 Å². The van der Waals surface area contributed by atoms with Crippen molar-refractivity contribution in [3.05, 3.63) is 28.8 Å². The molecule has 0 unspecified atom stereocenters. The second-order valence-electron chi connectivity index (χ2n) is 5.83. The van der Waals surface area contributed by atoms with E-state index in [-0.39, 0.29) is 5.41 Å². The summed E-state index contributed by atoms with van der Waals surface area (Å²) in [6.45, 7) is 9.62. The van der Waals surface area contributed by atoms with Crippen LogP contribution in [0.3, 0.4) is 0 Å². The summed E-state index contributed by atoms with van der Waals surface area (Å²) in [4.78, 5) is 0. The van der Waals surface area contributed by atoms with Crippen LogP contribution < -0.4 is 10.5 Å². The van der Waals surface area contributed by atoms with Crippen molar-refractivity contribution in [3.63, 3.8) is 0 Å². The number of methoxy groups -OCH3 is 1. The first-order valence-corrected chi connectivity index (χ1v) is 6.84. The molecule has 18 heavy (non-hydrogen) atoms. The Morgan fingerprint density at radius 1 is 1.22 bits per heavy atom. The lowest BCUT2D eigenvalue weighted by molar-refractivity contribution is 0.392. The van der Waals surface area contributed by atoms with Crippen LogP contribution in [0.25, 0.3) is 0 Å². The Kier molecular flexibility index (Phi) is 5.21. The van der Waals surface area contributed by atoms with E-state index in [1.165, 1.54) is 16.7 Å². The smallest absolute Gasteiger partial charge is 0.125 e. The van der Waals surface area contributed by atoms with Gasteiger partial charge in [-0.3, -0.25) is 0 Å². The number of rotatable bonds is 5. The van der Waals surface area contributed by atoms with Gasteiger partial charge in [-0.1, -0.05) is 39.8 Å². The molecule has 0 aromatic heterocycles. The average molecular weight is 249 g/mol. The largest absolute Gasteiger partial charge is 0.496 e. The van der Waals surface area contributed by atoms with E-state index < -0.39 is 0 Å².